The lowest BCUT2D eigenvalue weighted by molar-refractivity contribution is 0.590. The molecule has 2 nitrogen and oxygen atoms in total. The number of allylic oxidation sites excluding steroid dienone is 2. The molecule has 3 N–H and O–H groups in total. The van der Waals surface area contributed by atoms with E-state index in [-0.39, 0.29) is 5.41 Å². The SMILES string of the molecule is C/C(N)=C/C(=N)C(C)(C)C. The molecular formula is C8H16N2. The minimum Gasteiger partial charge on any atom is -0.402 e. The lowest BCUT2D eigenvalue weighted by atomic mass is 9.90. The van der Waals surface area contributed by atoms with Gasteiger partial charge in [-0.2, -0.15) is 0 Å². The van der Waals surface area contributed by atoms with Crippen molar-refractivity contribution in [2.45, 2.75) is 27.7 Å². The molecular weight excluding hydrogens is 124 g/mol. The molecule has 0 aliphatic heterocycles. The van der Waals surface area contributed by atoms with Crippen LogP contribution < -0.4 is 5.73 Å². The van der Waals surface area contributed by atoms with Crippen LogP contribution in [-0.2, 0) is 0 Å². The van der Waals surface area contributed by atoms with Gasteiger partial charge in [0, 0.05) is 16.8 Å². The fourth-order valence-electron chi connectivity index (χ4n) is 0.444. The monoisotopic (exact) mass is 140 g/mol. The Morgan fingerprint density at radius 3 is 1.90 bits per heavy atom. The van der Waals surface area contributed by atoms with Gasteiger partial charge in [-0.1, -0.05) is 20.8 Å². The summed E-state index contributed by atoms with van der Waals surface area (Å²) in [4.78, 5) is 0. The molecule has 0 fully saturated rings. The molecule has 58 valence electrons. The highest BCUT2D eigenvalue weighted by Gasteiger charge is 2.14. The summed E-state index contributed by atoms with van der Waals surface area (Å²) in [6.07, 6.45) is 1.69. The summed E-state index contributed by atoms with van der Waals surface area (Å²) in [5, 5.41) is 7.51. The standard InChI is InChI=1S/C8H16N2/c1-6(9)5-7(10)8(2,3)4/h5,10H,9H2,1-4H3/b6-5-,10-7?. The number of nitrogens with one attached hydrogen (secondary N) is 1. The quantitative estimate of drug-likeness (QED) is 0.537. The number of rotatable bonds is 1. The fourth-order valence-corrected chi connectivity index (χ4v) is 0.444. The van der Waals surface area contributed by atoms with Crippen molar-refractivity contribution in [3.8, 4) is 0 Å². The first kappa shape index (κ1) is 9.21. The second kappa shape index (κ2) is 2.86. The molecule has 10 heavy (non-hydrogen) atoms. The van der Waals surface area contributed by atoms with Gasteiger partial charge in [0.2, 0.25) is 0 Å². The Morgan fingerprint density at radius 2 is 1.80 bits per heavy atom. The normalized spacial score (nSPS) is 13.4. The molecule has 0 bridgehead atoms. The smallest absolute Gasteiger partial charge is 0.0384 e. The largest absolute Gasteiger partial charge is 0.402 e. The van der Waals surface area contributed by atoms with Crippen molar-refractivity contribution in [3.63, 3.8) is 0 Å². The fraction of sp³-hybridized carbons (Fsp3) is 0.625. The maximum atomic E-state index is 7.51. The summed E-state index contributed by atoms with van der Waals surface area (Å²) < 4.78 is 0. The van der Waals surface area contributed by atoms with Gasteiger partial charge in [-0.15, -0.1) is 0 Å². The first-order valence-electron chi connectivity index (χ1n) is 3.37. The van der Waals surface area contributed by atoms with E-state index in [1.54, 1.807) is 13.0 Å². The van der Waals surface area contributed by atoms with Gasteiger partial charge in [0.25, 0.3) is 0 Å². The highest BCUT2D eigenvalue weighted by molar-refractivity contribution is 5.96. The predicted octanol–water partition coefficient (Wildman–Crippen LogP) is 1.91. The van der Waals surface area contributed by atoms with Crippen molar-refractivity contribution in [1.82, 2.24) is 0 Å². The highest BCUT2D eigenvalue weighted by atomic mass is 14.6. The molecule has 0 spiro atoms. The van der Waals surface area contributed by atoms with Crippen LogP contribution in [0.2, 0.25) is 0 Å². The number of nitrogens with two attached hydrogens (primary N) is 1. The Labute approximate surface area is 62.6 Å². The Hall–Kier alpha value is -0.790. The molecule has 0 radical (unpaired) electrons. The van der Waals surface area contributed by atoms with E-state index >= 15 is 0 Å². The summed E-state index contributed by atoms with van der Waals surface area (Å²) in [7, 11) is 0. The number of hydrogen-bond acceptors (Lipinski definition) is 2. The van der Waals surface area contributed by atoms with Crippen molar-refractivity contribution in [2.75, 3.05) is 0 Å². The summed E-state index contributed by atoms with van der Waals surface area (Å²) in [6.45, 7) is 7.78. The van der Waals surface area contributed by atoms with Crippen LogP contribution in [0.3, 0.4) is 0 Å². The van der Waals surface area contributed by atoms with Crippen molar-refractivity contribution in [2.24, 2.45) is 11.1 Å². The zero-order valence-corrected chi connectivity index (χ0v) is 7.15. The van der Waals surface area contributed by atoms with Gasteiger partial charge in [0.1, 0.15) is 0 Å². The second-order valence-electron chi connectivity index (χ2n) is 3.55. The molecule has 0 aliphatic carbocycles. The molecule has 0 aliphatic rings. The second-order valence-corrected chi connectivity index (χ2v) is 3.55. The maximum Gasteiger partial charge on any atom is 0.0384 e. The van der Waals surface area contributed by atoms with Crippen LogP contribution in [0.1, 0.15) is 27.7 Å². The average molecular weight is 140 g/mol. The summed E-state index contributed by atoms with van der Waals surface area (Å²) in [5.41, 5.74) is 6.60. The van der Waals surface area contributed by atoms with E-state index in [4.69, 9.17) is 11.1 Å². The lowest BCUT2D eigenvalue weighted by Crippen LogP contribution is -2.17. The first-order chi connectivity index (χ1) is 4.34. The Balaban J connectivity index is 4.27. The van der Waals surface area contributed by atoms with Crippen LogP contribution >= 0.6 is 0 Å². The van der Waals surface area contributed by atoms with E-state index in [0.29, 0.717) is 11.4 Å². The first-order valence-corrected chi connectivity index (χ1v) is 3.37. The van der Waals surface area contributed by atoms with Crippen molar-refractivity contribution < 1.29 is 0 Å². The molecule has 0 saturated carbocycles. The average Bonchev–Trinajstić information content (AvgIpc) is 1.60. The minimum atomic E-state index is -0.0827. The zero-order valence-electron chi connectivity index (χ0n) is 7.15. The van der Waals surface area contributed by atoms with Crippen LogP contribution in [0.5, 0.6) is 0 Å². The van der Waals surface area contributed by atoms with Gasteiger partial charge in [-0.05, 0) is 13.0 Å². The van der Waals surface area contributed by atoms with Gasteiger partial charge >= 0.3 is 0 Å². The van der Waals surface area contributed by atoms with Gasteiger partial charge < -0.3 is 11.1 Å². The van der Waals surface area contributed by atoms with E-state index in [9.17, 15) is 0 Å². The Kier molecular flexibility index (Phi) is 2.64. The highest BCUT2D eigenvalue weighted by Crippen LogP contribution is 2.15. The topological polar surface area (TPSA) is 49.9 Å². The third-order valence-electron chi connectivity index (χ3n) is 1.18. The van der Waals surface area contributed by atoms with E-state index in [1.165, 1.54) is 0 Å². The molecule has 0 atom stereocenters. The molecule has 0 heterocycles. The van der Waals surface area contributed by atoms with Crippen LogP contribution in [0, 0.1) is 10.8 Å². The van der Waals surface area contributed by atoms with Crippen LogP contribution in [0.25, 0.3) is 0 Å². The molecule has 0 aromatic heterocycles. The summed E-state index contributed by atoms with van der Waals surface area (Å²) >= 11 is 0. The predicted molar refractivity (Wildman–Crippen MR) is 45.1 cm³/mol. The van der Waals surface area contributed by atoms with Crippen LogP contribution in [-0.4, -0.2) is 5.71 Å². The van der Waals surface area contributed by atoms with E-state index in [1.807, 2.05) is 20.8 Å². The summed E-state index contributed by atoms with van der Waals surface area (Å²) in [5.74, 6) is 0. The molecule has 2 heteroatoms. The third kappa shape index (κ3) is 3.28. The van der Waals surface area contributed by atoms with Crippen LogP contribution in [0.15, 0.2) is 11.8 Å². The van der Waals surface area contributed by atoms with E-state index in [2.05, 4.69) is 0 Å². The molecule has 0 amide bonds. The molecule has 0 rings (SSSR count). The molecule has 0 saturated heterocycles. The van der Waals surface area contributed by atoms with E-state index in [0.717, 1.165) is 0 Å². The van der Waals surface area contributed by atoms with Gasteiger partial charge in [-0.3, -0.25) is 0 Å². The zero-order chi connectivity index (χ0) is 8.36. The summed E-state index contributed by atoms with van der Waals surface area (Å²) in [6, 6.07) is 0. The van der Waals surface area contributed by atoms with Crippen molar-refractivity contribution in [3.05, 3.63) is 11.8 Å². The van der Waals surface area contributed by atoms with Gasteiger partial charge in [-0.25, -0.2) is 0 Å². The minimum absolute atomic E-state index is 0.0827. The maximum absolute atomic E-state index is 7.51. The number of hydrogen-bond donors (Lipinski definition) is 2. The Bertz CT molecular complexity index is 157. The van der Waals surface area contributed by atoms with Gasteiger partial charge in [0.15, 0.2) is 0 Å². The molecule has 0 aromatic rings. The van der Waals surface area contributed by atoms with Crippen molar-refractivity contribution >= 4 is 5.71 Å². The lowest BCUT2D eigenvalue weighted by Gasteiger charge is -2.16. The molecule has 0 aromatic carbocycles. The van der Waals surface area contributed by atoms with Crippen LogP contribution in [0.4, 0.5) is 0 Å². The molecule has 0 unspecified atom stereocenters. The van der Waals surface area contributed by atoms with Gasteiger partial charge in [0.05, 0.1) is 0 Å². The van der Waals surface area contributed by atoms with Crippen molar-refractivity contribution in [1.29, 1.82) is 5.41 Å². The van der Waals surface area contributed by atoms with E-state index < -0.39 is 0 Å². The Morgan fingerprint density at radius 1 is 1.40 bits per heavy atom. The third-order valence-corrected chi connectivity index (χ3v) is 1.18.